The molecule has 1 N–H and O–H groups in total. The highest BCUT2D eigenvalue weighted by atomic mass is 16.5. The van der Waals surface area contributed by atoms with Gasteiger partial charge in [0.2, 0.25) is 0 Å². The highest BCUT2D eigenvalue weighted by Crippen LogP contribution is 2.45. The molecule has 104 valence electrons. The summed E-state index contributed by atoms with van der Waals surface area (Å²) in [6, 6.07) is 9.52. The van der Waals surface area contributed by atoms with Gasteiger partial charge in [-0.05, 0) is 25.3 Å². The Labute approximate surface area is 120 Å². The number of allylic oxidation sites excluding steroid dienone is 2. The van der Waals surface area contributed by atoms with E-state index < -0.39 is 0 Å². The van der Waals surface area contributed by atoms with Crippen molar-refractivity contribution in [1.29, 1.82) is 0 Å². The fourth-order valence-electron chi connectivity index (χ4n) is 3.86. The first-order chi connectivity index (χ1) is 9.92. The number of nitrogens with one attached hydrogen (secondary N) is 1. The first kappa shape index (κ1) is 12.2. The Morgan fingerprint density at radius 1 is 1.10 bits per heavy atom. The molecule has 1 aromatic rings. The van der Waals surface area contributed by atoms with Gasteiger partial charge in [-0.25, -0.2) is 0 Å². The number of fused-ring (bicyclic) bond motifs is 3. The molecular weight excluding hydrogens is 246 g/mol. The van der Waals surface area contributed by atoms with Crippen molar-refractivity contribution in [3.8, 4) is 5.75 Å². The highest BCUT2D eigenvalue weighted by molar-refractivity contribution is 5.42. The van der Waals surface area contributed by atoms with Crippen LogP contribution in [0.1, 0.15) is 37.2 Å². The van der Waals surface area contributed by atoms with E-state index in [9.17, 15) is 0 Å². The highest BCUT2D eigenvalue weighted by Gasteiger charge is 2.42. The summed E-state index contributed by atoms with van der Waals surface area (Å²) in [5.74, 6) is 1.69. The van der Waals surface area contributed by atoms with Crippen LogP contribution in [0, 0.1) is 0 Å². The quantitative estimate of drug-likeness (QED) is 0.884. The second-order valence-corrected chi connectivity index (χ2v) is 6.09. The van der Waals surface area contributed by atoms with E-state index in [1.54, 1.807) is 0 Å². The van der Waals surface area contributed by atoms with Gasteiger partial charge in [-0.3, -0.25) is 0 Å². The molecule has 4 atom stereocenters. The molecule has 0 amide bonds. The van der Waals surface area contributed by atoms with Crippen molar-refractivity contribution in [3.05, 3.63) is 54.1 Å². The van der Waals surface area contributed by atoms with Crippen LogP contribution >= 0.6 is 0 Å². The third-order valence-electron chi connectivity index (χ3n) is 4.81. The average Bonchev–Trinajstić information content (AvgIpc) is 2.88. The predicted molar refractivity (Wildman–Crippen MR) is 81.1 cm³/mol. The van der Waals surface area contributed by atoms with Crippen LogP contribution in [0.4, 0.5) is 0 Å². The van der Waals surface area contributed by atoms with Crippen LogP contribution in [-0.4, -0.2) is 18.2 Å². The van der Waals surface area contributed by atoms with Gasteiger partial charge >= 0.3 is 0 Å². The molecule has 20 heavy (non-hydrogen) atoms. The van der Waals surface area contributed by atoms with Gasteiger partial charge < -0.3 is 10.1 Å². The minimum Gasteiger partial charge on any atom is -0.488 e. The van der Waals surface area contributed by atoms with Gasteiger partial charge in [0.25, 0.3) is 0 Å². The minimum absolute atomic E-state index is 0.320. The molecule has 2 nitrogen and oxygen atoms in total. The molecule has 0 saturated heterocycles. The Balaban J connectivity index is 1.52. The zero-order valence-electron chi connectivity index (χ0n) is 11.7. The molecule has 3 unspecified atom stereocenters. The van der Waals surface area contributed by atoms with Gasteiger partial charge in [-0.2, -0.15) is 0 Å². The second-order valence-electron chi connectivity index (χ2n) is 6.09. The van der Waals surface area contributed by atoms with Crippen molar-refractivity contribution in [2.75, 3.05) is 0 Å². The molecule has 3 aliphatic rings. The topological polar surface area (TPSA) is 21.3 Å². The molecule has 1 heterocycles. The summed E-state index contributed by atoms with van der Waals surface area (Å²) >= 11 is 0. The molecule has 2 aliphatic carbocycles. The van der Waals surface area contributed by atoms with Gasteiger partial charge in [0, 0.05) is 23.6 Å². The van der Waals surface area contributed by atoms with Crippen molar-refractivity contribution in [2.24, 2.45) is 0 Å². The van der Waals surface area contributed by atoms with E-state index in [-0.39, 0.29) is 0 Å². The van der Waals surface area contributed by atoms with Gasteiger partial charge in [0.05, 0.1) is 0 Å². The van der Waals surface area contributed by atoms with Crippen molar-refractivity contribution >= 4 is 0 Å². The summed E-state index contributed by atoms with van der Waals surface area (Å²) in [4.78, 5) is 0. The summed E-state index contributed by atoms with van der Waals surface area (Å²) in [6.07, 6.45) is 14.0. The van der Waals surface area contributed by atoms with Crippen LogP contribution in [0.15, 0.2) is 48.6 Å². The summed E-state index contributed by atoms with van der Waals surface area (Å²) in [5, 5.41) is 3.80. The van der Waals surface area contributed by atoms with E-state index in [0.29, 0.717) is 24.1 Å². The lowest BCUT2D eigenvalue weighted by molar-refractivity contribution is 0.116. The zero-order valence-corrected chi connectivity index (χ0v) is 11.7. The standard InChI is InChI=1S/C18H21NO/c1-2-7-13(8-3-1)19-16-11-6-10-15-14-9-4-5-12-17(14)20-18(15)16/h1-5,7,9,12-13,15-16,18-19H,6,8,10-11H2/t13?,15?,16-,18?/m0/s1. The summed E-state index contributed by atoms with van der Waals surface area (Å²) in [5.41, 5.74) is 1.42. The van der Waals surface area contributed by atoms with E-state index in [0.717, 1.165) is 12.2 Å². The summed E-state index contributed by atoms with van der Waals surface area (Å²) in [7, 11) is 0. The Bertz CT molecular complexity index is 548. The Hall–Kier alpha value is -1.54. The Morgan fingerprint density at radius 3 is 2.95 bits per heavy atom. The SMILES string of the molecule is C1=CCC(N[C@H]2CCCC3c4ccccc4OC32)C=C1. The first-order valence-corrected chi connectivity index (χ1v) is 7.77. The molecule has 0 aromatic heterocycles. The lowest BCUT2D eigenvalue weighted by Crippen LogP contribution is -2.50. The van der Waals surface area contributed by atoms with Crippen molar-refractivity contribution in [2.45, 2.75) is 49.8 Å². The van der Waals surface area contributed by atoms with Crippen LogP contribution < -0.4 is 10.1 Å². The van der Waals surface area contributed by atoms with Crippen LogP contribution in [0.25, 0.3) is 0 Å². The van der Waals surface area contributed by atoms with Crippen LogP contribution in [0.3, 0.4) is 0 Å². The Kier molecular flexibility index (Phi) is 3.12. The average molecular weight is 267 g/mol. The smallest absolute Gasteiger partial charge is 0.123 e. The number of hydrogen-bond acceptors (Lipinski definition) is 2. The fraction of sp³-hybridized carbons (Fsp3) is 0.444. The number of para-hydroxylation sites is 1. The summed E-state index contributed by atoms with van der Waals surface area (Å²) in [6.45, 7) is 0. The second kappa shape index (κ2) is 5.10. The molecule has 0 bridgehead atoms. The molecule has 0 radical (unpaired) electrons. The molecule has 1 saturated carbocycles. The maximum absolute atomic E-state index is 6.26. The lowest BCUT2D eigenvalue weighted by atomic mass is 9.80. The molecule has 1 aromatic carbocycles. The fourth-order valence-corrected chi connectivity index (χ4v) is 3.86. The van der Waals surface area contributed by atoms with E-state index in [2.05, 4.69) is 53.9 Å². The molecule has 4 rings (SSSR count). The summed E-state index contributed by atoms with van der Waals surface area (Å²) < 4.78 is 6.26. The molecule has 1 aliphatic heterocycles. The van der Waals surface area contributed by atoms with Crippen LogP contribution in [0.2, 0.25) is 0 Å². The lowest BCUT2D eigenvalue weighted by Gasteiger charge is -2.35. The van der Waals surface area contributed by atoms with Gasteiger partial charge in [0.1, 0.15) is 11.9 Å². The van der Waals surface area contributed by atoms with Gasteiger partial charge in [0.15, 0.2) is 0 Å². The monoisotopic (exact) mass is 267 g/mol. The molecule has 2 heteroatoms. The van der Waals surface area contributed by atoms with Gasteiger partial charge in [-0.15, -0.1) is 0 Å². The number of rotatable bonds is 2. The van der Waals surface area contributed by atoms with Gasteiger partial charge in [-0.1, -0.05) is 48.9 Å². The normalized spacial score (nSPS) is 34.4. The van der Waals surface area contributed by atoms with Crippen LogP contribution in [0.5, 0.6) is 5.75 Å². The zero-order chi connectivity index (χ0) is 13.4. The largest absolute Gasteiger partial charge is 0.488 e. The third-order valence-corrected chi connectivity index (χ3v) is 4.81. The number of benzene rings is 1. The van der Waals surface area contributed by atoms with E-state index in [1.165, 1.54) is 24.8 Å². The van der Waals surface area contributed by atoms with Crippen molar-refractivity contribution < 1.29 is 4.74 Å². The van der Waals surface area contributed by atoms with Crippen molar-refractivity contribution in [1.82, 2.24) is 5.32 Å². The molecular formula is C18H21NO. The number of ether oxygens (including phenoxy) is 1. The van der Waals surface area contributed by atoms with E-state index in [4.69, 9.17) is 4.74 Å². The minimum atomic E-state index is 0.320. The third kappa shape index (κ3) is 2.08. The van der Waals surface area contributed by atoms with Crippen molar-refractivity contribution in [3.63, 3.8) is 0 Å². The maximum Gasteiger partial charge on any atom is 0.123 e. The van der Waals surface area contributed by atoms with E-state index >= 15 is 0 Å². The predicted octanol–water partition coefficient (Wildman–Crippen LogP) is 3.56. The maximum atomic E-state index is 6.26. The first-order valence-electron chi connectivity index (χ1n) is 7.77. The number of hydrogen-bond donors (Lipinski definition) is 1. The van der Waals surface area contributed by atoms with Crippen LogP contribution in [-0.2, 0) is 0 Å². The molecule has 1 fully saturated rings. The van der Waals surface area contributed by atoms with E-state index in [1.807, 2.05) is 0 Å². The molecule has 0 spiro atoms. The Morgan fingerprint density at radius 2 is 2.05 bits per heavy atom.